The van der Waals surface area contributed by atoms with Gasteiger partial charge in [-0.3, -0.25) is 4.90 Å². The Bertz CT molecular complexity index is 159. The molecule has 2 aliphatic heterocycles. The molecule has 0 aromatic rings. The summed E-state index contributed by atoms with van der Waals surface area (Å²) in [6.07, 6.45) is 0.997. The van der Waals surface area contributed by atoms with E-state index >= 15 is 0 Å². The standard InChI is InChI=1S/C9H17NO2/c1-7-2-3-10(4-9(7)11)8-5-12-6-8/h7-9,11H,2-6H2,1H3/t7?,9-/m1/s1. The maximum Gasteiger partial charge on any atom is 0.0693 e. The lowest BCUT2D eigenvalue weighted by Crippen LogP contribution is -2.55. The van der Waals surface area contributed by atoms with E-state index in [1.54, 1.807) is 0 Å². The molecule has 1 N–H and O–H groups in total. The first-order chi connectivity index (χ1) is 5.77. The van der Waals surface area contributed by atoms with Gasteiger partial charge in [0.05, 0.1) is 25.4 Å². The maximum atomic E-state index is 9.63. The minimum atomic E-state index is -0.126. The highest BCUT2D eigenvalue weighted by Gasteiger charge is 2.32. The quantitative estimate of drug-likeness (QED) is 0.607. The topological polar surface area (TPSA) is 32.7 Å². The number of ether oxygens (including phenoxy) is 1. The summed E-state index contributed by atoms with van der Waals surface area (Å²) in [6, 6.07) is 0.590. The van der Waals surface area contributed by atoms with E-state index in [2.05, 4.69) is 11.8 Å². The van der Waals surface area contributed by atoms with Crippen molar-refractivity contribution in [2.24, 2.45) is 5.92 Å². The van der Waals surface area contributed by atoms with Crippen molar-refractivity contribution in [1.82, 2.24) is 4.90 Å². The highest BCUT2D eigenvalue weighted by Crippen LogP contribution is 2.21. The Morgan fingerprint density at radius 2 is 2.17 bits per heavy atom. The largest absolute Gasteiger partial charge is 0.392 e. The molecule has 2 rings (SSSR count). The molecule has 3 nitrogen and oxygen atoms in total. The lowest BCUT2D eigenvalue weighted by atomic mass is 9.94. The van der Waals surface area contributed by atoms with Gasteiger partial charge in [-0.25, -0.2) is 0 Å². The monoisotopic (exact) mass is 171 g/mol. The first kappa shape index (κ1) is 8.48. The molecule has 2 aliphatic rings. The molecular weight excluding hydrogens is 154 g/mol. The molecule has 0 amide bonds. The fourth-order valence-corrected chi connectivity index (χ4v) is 1.84. The fourth-order valence-electron chi connectivity index (χ4n) is 1.84. The number of rotatable bonds is 1. The third kappa shape index (κ3) is 1.49. The number of likely N-dealkylation sites (tertiary alicyclic amines) is 1. The maximum absolute atomic E-state index is 9.63. The number of hydrogen-bond acceptors (Lipinski definition) is 3. The van der Waals surface area contributed by atoms with Crippen LogP contribution in [0.15, 0.2) is 0 Å². The molecule has 12 heavy (non-hydrogen) atoms. The van der Waals surface area contributed by atoms with Gasteiger partial charge in [0.2, 0.25) is 0 Å². The Morgan fingerprint density at radius 1 is 1.42 bits per heavy atom. The predicted octanol–water partition coefficient (Wildman–Crippen LogP) is 0.0879. The Balaban J connectivity index is 1.84. The summed E-state index contributed by atoms with van der Waals surface area (Å²) in [4.78, 5) is 2.36. The van der Waals surface area contributed by atoms with Gasteiger partial charge in [0.15, 0.2) is 0 Å². The van der Waals surface area contributed by atoms with Crippen LogP contribution in [0.1, 0.15) is 13.3 Å². The molecular formula is C9H17NO2. The fraction of sp³-hybridized carbons (Fsp3) is 1.00. The van der Waals surface area contributed by atoms with Crippen molar-refractivity contribution in [2.75, 3.05) is 26.3 Å². The average molecular weight is 171 g/mol. The molecule has 0 aliphatic carbocycles. The molecule has 2 fully saturated rings. The smallest absolute Gasteiger partial charge is 0.0693 e. The van der Waals surface area contributed by atoms with Crippen molar-refractivity contribution in [1.29, 1.82) is 0 Å². The Kier molecular flexibility index (Phi) is 2.35. The molecule has 0 radical (unpaired) electrons. The molecule has 2 atom stereocenters. The van der Waals surface area contributed by atoms with E-state index in [1.165, 1.54) is 0 Å². The Hall–Kier alpha value is -0.120. The zero-order valence-corrected chi connectivity index (χ0v) is 7.57. The van der Waals surface area contributed by atoms with Gasteiger partial charge < -0.3 is 9.84 Å². The van der Waals surface area contributed by atoms with Crippen LogP contribution in [0.4, 0.5) is 0 Å². The van der Waals surface area contributed by atoms with E-state index in [4.69, 9.17) is 4.74 Å². The second kappa shape index (κ2) is 3.32. The van der Waals surface area contributed by atoms with Crippen LogP contribution in [0.5, 0.6) is 0 Å². The highest BCUT2D eigenvalue weighted by atomic mass is 16.5. The summed E-state index contributed by atoms with van der Waals surface area (Å²) < 4.78 is 5.13. The molecule has 0 aromatic heterocycles. The average Bonchev–Trinajstić information content (AvgIpc) is 1.93. The first-order valence-electron chi connectivity index (χ1n) is 4.77. The molecule has 0 bridgehead atoms. The summed E-state index contributed by atoms with van der Waals surface area (Å²) >= 11 is 0. The van der Waals surface area contributed by atoms with Gasteiger partial charge in [0, 0.05) is 6.54 Å². The third-order valence-electron chi connectivity index (χ3n) is 3.09. The first-order valence-corrected chi connectivity index (χ1v) is 4.77. The van der Waals surface area contributed by atoms with Crippen LogP contribution in [0, 0.1) is 5.92 Å². The summed E-state index contributed by atoms with van der Waals surface area (Å²) in [6.45, 7) is 5.82. The van der Waals surface area contributed by atoms with Crippen molar-refractivity contribution in [3.05, 3.63) is 0 Å². The lowest BCUT2D eigenvalue weighted by molar-refractivity contribution is -0.0938. The second-order valence-corrected chi connectivity index (χ2v) is 4.02. The minimum absolute atomic E-state index is 0.126. The number of β-amino-alcohol motifs (C(OH)–C–C–N with tert-alkyl or cyclic N) is 1. The second-order valence-electron chi connectivity index (χ2n) is 4.02. The Morgan fingerprint density at radius 3 is 2.67 bits per heavy atom. The normalized spacial score (nSPS) is 39.5. The molecule has 0 aromatic carbocycles. The summed E-state index contributed by atoms with van der Waals surface area (Å²) in [5.74, 6) is 0.474. The van der Waals surface area contributed by atoms with Crippen LogP contribution in [-0.4, -0.2) is 48.5 Å². The molecule has 1 unspecified atom stereocenters. The van der Waals surface area contributed by atoms with Crippen LogP contribution in [0.2, 0.25) is 0 Å². The predicted molar refractivity (Wildman–Crippen MR) is 46.0 cm³/mol. The summed E-state index contributed by atoms with van der Waals surface area (Å²) in [5.41, 5.74) is 0. The minimum Gasteiger partial charge on any atom is -0.392 e. The van der Waals surface area contributed by atoms with Crippen molar-refractivity contribution < 1.29 is 9.84 Å². The molecule has 2 saturated heterocycles. The molecule has 2 heterocycles. The van der Waals surface area contributed by atoms with Crippen molar-refractivity contribution in [2.45, 2.75) is 25.5 Å². The van der Waals surface area contributed by atoms with Gasteiger partial charge in [0.25, 0.3) is 0 Å². The van der Waals surface area contributed by atoms with E-state index in [0.29, 0.717) is 12.0 Å². The zero-order chi connectivity index (χ0) is 8.55. The third-order valence-corrected chi connectivity index (χ3v) is 3.09. The van der Waals surface area contributed by atoms with Crippen molar-refractivity contribution in [3.8, 4) is 0 Å². The van der Waals surface area contributed by atoms with Gasteiger partial charge in [-0.15, -0.1) is 0 Å². The summed E-state index contributed by atoms with van der Waals surface area (Å²) in [5, 5.41) is 9.63. The number of nitrogens with zero attached hydrogens (tertiary/aromatic N) is 1. The van der Waals surface area contributed by atoms with E-state index in [-0.39, 0.29) is 6.10 Å². The van der Waals surface area contributed by atoms with E-state index in [1.807, 2.05) is 0 Å². The highest BCUT2D eigenvalue weighted by molar-refractivity contribution is 4.84. The summed E-state index contributed by atoms with van der Waals surface area (Å²) in [7, 11) is 0. The Labute approximate surface area is 73.3 Å². The van der Waals surface area contributed by atoms with E-state index in [9.17, 15) is 5.11 Å². The van der Waals surface area contributed by atoms with Gasteiger partial charge in [-0.2, -0.15) is 0 Å². The molecule has 3 heteroatoms. The number of aliphatic hydroxyl groups excluding tert-OH is 1. The number of hydrogen-bond donors (Lipinski definition) is 1. The van der Waals surface area contributed by atoms with Gasteiger partial charge in [0.1, 0.15) is 0 Å². The van der Waals surface area contributed by atoms with Crippen LogP contribution in [0.3, 0.4) is 0 Å². The van der Waals surface area contributed by atoms with Crippen LogP contribution < -0.4 is 0 Å². The molecule has 0 spiro atoms. The van der Waals surface area contributed by atoms with E-state index in [0.717, 1.165) is 32.7 Å². The number of aliphatic hydroxyl groups is 1. The molecule has 70 valence electrons. The van der Waals surface area contributed by atoms with E-state index < -0.39 is 0 Å². The SMILES string of the molecule is CC1CCN(C2COC2)C[C@H]1O. The van der Waals surface area contributed by atoms with Crippen molar-refractivity contribution >= 4 is 0 Å². The van der Waals surface area contributed by atoms with Crippen LogP contribution >= 0.6 is 0 Å². The zero-order valence-electron chi connectivity index (χ0n) is 7.57. The molecule has 0 saturated carbocycles. The lowest BCUT2D eigenvalue weighted by Gasteiger charge is -2.42. The van der Waals surface area contributed by atoms with Gasteiger partial charge in [-0.05, 0) is 18.9 Å². The number of piperidine rings is 1. The van der Waals surface area contributed by atoms with Gasteiger partial charge in [-0.1, -0.05) is 6.92 Å². The van der Waals surface area contributed by atoms with Crippen LogP contribution in [-0.2, 0) is 4.74 Å². The van der Waals surface area contributed by atoms with Gasteiger partial charge >= 0.3 is 0 Å². The van der Waals surface area contributed by atoms with Crippen molar-refractivity contribution in [3.63, 3.8) is 0 Å². The van der Waals surface area contributed by atoms with Crippen LogP contribution in [0.25, 0.3) is 0 Å².